The van der Waals surface area contributed by atoms with E-state index in [0.717, 1.165) is 46.1 Å². The molecule has 1 atom stereocenters. The Hall–Kier alpha value is -2.71. The van der Waals surface area contributed by atoms with Crippen LogP contribution in [-0.4, -0.2) is 50.7 Å². The van der Waals surface area contributed by atoms with Crippen molar-refractivity contribution in [2.75, 3.05) is 29.9 Å². The van der Waals surface area contributed by atoms with E-state index in [9.17, 15) is 18.0 Å². The Balaban J connectivity index is 1.34. The number of hydrogen-bond donors (Lipinski definition) is 0. The van der Waals surface area contributed by atoms with E-state index >= 15 is 0 Å². The Kier molecular flexibility index (Phi) is 5.09. The highest BCUT2D eigenvalue weighted by Gasteiger charge is 2.40. The molecule has 0 bridgehead atoms. The number of para-hydroxylation sites is 1. The molecule has 2 amide bonds. The number of amides is 2. The molecular weight excluding hydrogens is 426 g/mol. The third-order valence-electron chi connectivity index (χ3n) is 6.68. The van der Waals surface area contributed by atoms with Gasteiger partial charge in [0, 0.05) is 36.9 Å². The summed E-state index contributed by atoms with van der Waals surface area (Å²) in [6.45, 7) is 2.33. The molecule has 0 saturated heterocycles. The summed E-state index contributed by atoms with van der Waals surface area (Å²) in [6, 6.07) is 12.7. The lowest BCUT2D eigenvalue weighted by Gasteiger charge is -2.23. The number of likely N-dealkylation sites (N-methyl/N-ethyl adjacent to an activating group) is 1. The standard InChI is InChI=1S/C24H27N3O4S/c1-16-13-19-14-20(9-10-22(19)27(16)24(29)18-7-8-18)32(30,31)25(2)15-23(28)26-12-11-17-5-3-4-6-21(17)26/h3-6,9-10,14,16,18H,7-8,11-13,15H2,1-2H3/t16-/m1/s1. The topological polar surface area (TPSA) is 78.0 Å². The summed E-state index contributed by atoms with van der Waals surface area (Å²) in [5, 5.41) is 0. The van der Waals surface area contributed by atoms with Crippen molar-refractivity contribution in [3.8, 4) is 0 Å². The van der Waals surface area contributed by atoms with Crippen molar-refractivity contribution in [1.29, 1.82) is 0 Å². The molecule has 3 aliphatic rings. The van der Waals surface area contributed by atoms with Gasteiger partial charge in [0.2, 0.25) is 21.8 Å². The van der Waals surface area contributed by atoms with Crippen LogP contribution >= 0.6 is 0 Å². The third kappa shape index (κ3) is 3.51. The molecule has 0 unspecified atom stereocenters. The lowest BCUT2D eigenvalue weighted by atomic mass is 10.1. The maximum Gasteiger partial charge on any atom is 0.243 e. The van der Waals surface area contributed by atoms with Gasteiger partial charge in [0.15, 0.2) is 0 Å². The van der Waals surface area contributed by atoms with Crippen LogP contribution in [0.2, 0.25) is 0 Å². The van der Waals surface area contributed by atoms with Crippen LogP contribution in [0.25, 0.3) is 0 Å². The van der Waals surface area contributed by atoms with Crippen molar-refractivity contribution >= 4 is 33.2 Å². The van der Waals surface area contributed by atoms with Crippen LogP contribution in [0, 0.1) is 5.92 Å². The van der Waals surface area contributed by atoms with Crippen molar-refractivity contribution in [2.24, 2.45) is 5.92 Å². The minimum absolute atomic E-state index is 0.0191. The van der Waals surface area contributed by atoms with E-state index in [1.807, 2.05) is 36.1 Å². The number of hydrogen-bond acceptors (Lipinski definition) is 4. The van der Waals surface area contributed by atoms with Crippen molar-refractivity contribution in [3.05, 3.63) is 53.6 Å². The molecular formula is C24H27N3O4S. The first-order chi connectivity index (χ1) is 15.3. The minimum atomic E-state index is -3.84. The van der Waals surface area contributed by atoms with Crippen LogP contribution in [0.4, 0.5) is 11.4 Å². The fourth-order valence-corrected chi connectivity index (χ4v) is 5.94. The van der Waals surface area contributed by atoms with Gasteiger partial charge < -0.3 is 9.80 Å². The Morgan fingerprint density at radius 3 is 2.56 bits per heavy atom. The van der Waals surface area contributed by atoms with E-state index in [1.54, 1.807) is 23.1 Å². The van der Waals surface area contributed by atoms with Crippen molar-refractivity contribution in [1.82, 2.24) is 4.31 Å². The number of sulfonamides is 1. The van der Waals surface area contributed by atoms with Gasteiger partial charge in [0.1, 0.15) is 0 Å². The molecule has 8 heteroatoms. The molecule has 1 saturated carbocycles. The van der Waals surface area contributed by atoms with E-state index in [2.05, 4.69) is 0 Å². The second-order valence-corrected chi connectivity index (χ2v) is 11.1. The lowest BCUT2D eigenvalue weighted by molar-refractivity contribution is -0.120. The minimum Gasteiger partial charge on any atom is -0.311 e. The van der Waals surface area contributed by atoms with Gasteiger partial charge in [0.25, 0.3) is 0 Å². The molecule has 5 rings (SSSR count). The summed E-state index contributed by atoms with van der Waals surface area (Å²) < 4.78 is 27.6. The number of rotatable bonds is 5. The Morgan fingerprint density at radius 2 is 1.81 bits per heavy atom. The van der Waals surface area contributed by atoms with Crippen LogP contribution in [0.15, 0.2) is 47.4 Å². The number of carbonyl (C=O) groups excluding carboxylic acids is 2. The zero-order valence-corrected chi connectivity index (χ0v) is 19.1. The molecule has 7 nitrogen and oxygen atoms in total. The molecule has 1 fully saturated rings. The van der Waals surface area contributed by atoms with Gasteiger partial charge in [-0.1, -0.05) is 18.2 Å². The Bertz CT molecular complexity index is 1210. The van der Waals surface area contributed by atoms with Gasteiger partial charge in [-0.15, -0.1) is 0 Å². The Labute approximate surface area is 188 Å². The van der Waals surface area contributed by atoms with Crippen molar-refractivity contribution < 1.29 is 18.0 Å². The first kappa shape index (κ1) is 21.2. The van der Waals surface area contributed by atoms with Gasteiger partial charge in [-0.2, -0.15) is 4.31 Å². The van der Waals surface area contributed by atoms with E-state index in [1.165, 1.54) is 7.05 Å². The average molecular weight is 454 g/mol. The van der Waals surface area contributed by atoms with Gasteiger partial charge >= 0.3 is 0 Å². The molecule has 2 aromatic carbocycles. The molecule has 1 aliphatic carbocycles. The summed E-state index contributed by atoms with van der Waals surface area (Å²) >= 11 is 0. The fourth-order valence-electron chi connectivity index (χ4n) is 4.77. The molecule has 0 N–H and O–H groups in total. The average Bonchev–Trinajstić information content (AvgIpc) is 3.44. The van der Waals surface area contributed by atoms with Crippen LogP contribution in [0.1, 0.15) is 30.9 Å². The highest BCUT2D eigenvalue weighted by molar-refractivity contribution is 7.89. The number of nitrogens with zero attached hydrogens (tertiary/aromatic N) is 3. The molecule has 0 aromatic heterocycles. The summed E-state index contributed by atoms with van der Waals surface area (Å²) in [4.78, 5) is 29.2. The zero-order chi connectivity index (χ0) is 22.6. The van der Waals surface area contributed by atoms with Crippen molar-refractivity contribution in [3.63, 3.8) is 0 Å². The molecule has 0 radical (unpaired) electrons. The van der Waals surface area contributed by atoms with Gasteiger partial charge in [-0.05, 0) is 68.0 Å². The summed E-state index contributed by atoms with van der Waals surface area (Å²) in [5.41, 5.74) is 3.63. The smallest absolute Gasteiger partial charge is 0.243 e. The van der Waals surface area contributed by atoms with Crippen LogP contribution in [0.5, 0.6) is 0 Å². The molecule has 2 aliphatic heterocycles. The van der Waals surface area contributed by atoms with Crippen LogP contribution < -0.4 is 9.80 Å². The molecule has 2 heterocycles. The predicted molar refractivity (Wildman–Crippen MR) is 122 cm³/mol. The van der Waals surface area contributed by atoms with E-state index < -0.39 is 10.0 Å². The molecule has 32 heavy (non-hydrogen) atoms. The SMILES string of the molecule is C[C@@H]1Cc2cc(S(=O)(=O)N(C)CC(=O)N3CCc4ccccc43)ccc2N1C(=O)C1CC1. The largest absolute Gasteiger partial charge is 0.311 e. The van der Waals surface area contributed by atoms with E-state index in [0.29, 0.717) is 13.0 Å². The summed E-state index contributed by atoms with van der Waals surface area (Å²) in [7, 11) is -2.40. The number of carbonyl (C=O) groups is 2. The van der Waals surface area contributed by atoms with Gasteiger partial charge in [-0.3, -0.25) is 9.59 Å². The van der Waals surface area contributed by atoms with E-state index in [4.69, 9.17) is 0 Å². The predicted octanol–water partition coefficient (Wildman–Crippen LogP) is 2.58. The van der Waals surface area contributed by atoms with E-state index in [-0.39, 0.29) is 35.2 Å². The second kappa shape index (κ2) is 7.71. The van der Waals surface area contributed by atoms with Crippen LogP contribution in [-0.2, 0) is 32.5 Å². The van der Waals surface area contributed by atoms with Crippen LogP contribution in [0.3, 0.4) is 0 Å². The lowest BCUT2D eigenvalue weighted by Crippen LogP contribution is -2.40. The second-order valence-electron chi connectivity index (χ2n) is 9.01. The Morgan fingerprint density at radius 1 is 1.06 bits per heavy atom. The molecule has 168 valence electrons. The quantitative estimate of drug-likeness (QED) is 0.697. The maximum absolute atomic E-state index is 13.2. The first-order valence-corrected chi connectivity index (χ1v) is 12.5. The van der Waals surface area contributed by atoms with Gasteiger partial charge in [-0.25, -0.2) is 8.42 Å². The molecule has 2 aromatic rings. The zero-order valence-electron chi connectivity index (χ0n) is 18.3. The highest BCUT2D eigenvalue weighted by atomic mass is 32.2. The first-order valence-electron chi connectivity index (χ1n) is 11.1. The third-order valence-corrected chi connectivity index (χ3v) is 8.48. The summed E-state index contributed by atoms with van der Waals surface area (Å²) in [5.74, 6) is 0.0113. The van der Waals surface area contributed by atoms with Gasteiger partial charge in [0.05, 0.1) is 11.4 Å². The fraction of sp³-hybridized carbons (Fsp3) is 0.417. The van der Waals surface area contributed by atoms with Crippen molar-refractivity contribution in [2.45, 2.75) is 43.5 Å². The maximum atomic E-state index is 13.2. The normalized spacial score (nSPS) is 19.9. The summed E-state index contributed by atoms with van der Waals surface area (Å²) in [6.07, 6.45) is 3.27. The monoisotopic (exact) mass is 453 g/mol. The number of benzene rings is 2. The highest BCUT2D eigenvalue weighted by Crippen LogP contribution is 2.39. The molecule has 0 spiro atoms. The number of fused-ring (bicyclic) bond motifs is 2. The number of anilines is 2.